The van der Waals surface area contributed by atoms with Crippen molar-refractivity contribution in [2.45, 2.75) is 25.8 Å². The summed E-state index contributed by atoms with van der Waals surface area (Å²) in [6.07, 6.45) is 8.91. The van der Waals surface area contributed by atoms with E-state index in [-0.39, 0.29) is 11.9 Å². The number of hydrogen-bond donors (Lipinski definition) is 0. The molecule has 5 heteroatoms. The highest BCUT2D eigenvalue weighted by atomic mass is 16.2. The molecule has 4 rings (SSSR count). The summed E-state index contributed by atoms with van der Waals surface area (Å²) in [6.45, 7) is 2.90. The van der Waals surface area contributed by atoms with Crippen molar-refractivity contribution in [3.05, 3.63) is 77.9 Å². The van der Waals surface area contributed by atoms with Crippen LogP contribution in [-0.2, 0) is 0 Å². The third-order valence-electron chi connectivity index (χ3n) is 4.80. The van der Waals surface area contributed by atoms with Crippen molar-refractivity contribution in [3.8, 4) is 5.69 Å². The standard InChI is InChI=1S/C20H20N4O/c1-15-6-2-3-8-18(15)19-9-5-11-23(19)20(25)16-12-22-24(14-16)17-7-4-10-21-13-17/h2-4,6-8,10,12-14,19H,5,9,11H2,1H3. The van der Waals surface area contributed by atoms with Crippen LogP contribution in [0.25, 0.3) is 5.69 Å². The van der Waals surface area contributed by atoms with Crippen molar-refractivity contribution < 1.29 is 4.79 Å². The minimum Gasteiger partial charge on any atom is -0.331 e. The van der Waals surface area contributed by atoms with E-state index in [2.05, 4.69) is 29.1 Å². The van der Waals surface area contributed by atoms with E-state index in [1.807, 2.05) is 29.2 Å². The second-order valence-corrected chi connectivity index (χ2v) is 6.40. The van der Waals surface area contributed by atoms with Crippen molar-refractivity contribution in [2.24, 2.45) is 0 Å². The zero-order valence-corrected chi connectivity index (χ0v) is 14.2. The molecule has 2 aromatic heterocycles. The number of carbonyl (C=O) groups excluding carboxylic acids is 1. The molecule has 0 bridgehead atoms. The van der Waals surface area contributed by atoms with E-state index in [0.29, 0.717) is 5.56 Å². The average molecular weight is 332 g/mol. The van der Waals surface area contributed by atoms with Gasteiger partial charge in [-0.15, -0.1) is 0 Å². The Balaban J connectivity index is 1.60. The molecule has 3 heterocycles. The van der Waals surface area contributed by atoms with Gasteiger partial charge in [0.25, 0.3) is 5.91 Å². The van der Waals surface area contributed by atoms with Gasteiger partial charge < -0.3 is 4.90 Å². The highest BCUT2D eigenvalue weighted by molar-refractivity contribution is 5.94. The number of amides is 1. The molecule has 1 aliphatic rings. The molecule has 0 spiro atoms. The second-order valence-electron chi connectivity index (χ2n) is 6.40. The molecule has 1 aromatic carbocycles. The van der Waals surface area contributed by atoms with E-state index < -0.39 is 0 Å². The SMILES string of the molecule is Cc1ccccc1C1CCCN1C(=O)c1cnn(-c2cccnc2)c1. The molecule has 3 aromatic rings. The maximum Gasteiger partial charge on any atom is 0.257 e. The van der Waals surface area contributed by atoms with Gasteiger partial charge in [0.05, 0.1) is 29.7 Å². The largest absolute Gasteiger partial charge is 0.331 e. The van der Waals surface area contributed by atoms with Crippen LogP contribution >= 0.6 is 0 Å². The topological polar surface area (TPSA) is 51.0 Å². The molecule has 1 saturated heterocycles. The van der Waals surface area contributed by atoms with Gasteiger partial charge in [0.15, 0.2) is 0 Å². The van der Waals surface area contributed by atoms with E-state index in [1.54, 1.807) is 29.5 Å². The Morgan fingerprint density at radius 3 is 2.84 bits per heavy atom. The third kappa shape index (κ3) is 2.93. The van der Waals surface area contributed by atoms with Crippen LogP contribution in [0, 0.1) is 6.92 Å². The minimum absolute atomic E-state index is 0.0425. The van der Waals surface area contributed by atoms with Gasteiger partial charge in [0.2, 0.25) is 0 Å². The molecule has 5 nitrogen and oxygen atoms in total. The van der Waals surface area contributed by atoms with E-state index in [0.717, 1.165) is 25.1 Å². The van der Waals surface area contributed by atoms with E-state index >= 15 is 0 Å². The number of rotatable bonds is 3. The molecule has 1 fully saturated rings. The first-order valence-corrected chi connectivity index (χ1v) is 8.55. The van der Waals surface area contributed by atoms with Crippen molar-refractivity contribution in [1.29, 1.82) is 0 Å². The molecule has 1 atom stereocenters. The first-order valence-electron chi connectivity index (χ1n) is 8.55. The van der Waals surface area contributed by atoms with Crippen LogP contribution in [0.2, 0.25) is 0 Å². The van der Waals surface area contributed by atoms with Crippen LogP contribution in [0.5, 0.6) is 0 Å². The van der Waals surface area contributed by atoms with Crippen LogP contribution in [-0.4, -0.2) is 32.1 Å². The Bertz CT molecular complexity index is 887. The lowest BCUT2D eigenvalue weighted by molar-refractivity contribution is 0.0735. The molecule has 25 heavy (non-hydrogen) atoms. The Labute approximate surface area is 146 Å². The summed E-state index contributed by atoms with van der Waals surface area (Å²) in [6, 6.07) is 12.2. The number of hydrogen-bond acceptors (Lipinski definition) is 3. The maximum atomic E-state index is 13.0. The fourth-order valence-electron chi connectivity index (χ4n) is 3.52. The van der Waals surface area contributed by atoms with Gasteiger partial charge in [-0.05, 0) is 43.0 Å². The van der Waals surface area contributed by atoms with Gasteiger partial charge in [-0.1, -0.05) is 24.3 Å². The smallest absolute Gasteiger partial charge is 0.257 e. The van der Waals surface area contributed by atoms with Gasteiger partial charge in [0, 0.05) is 18.9 Å². The first kappa shape index (κ1) is 15.6. The quantitative estimate of drug-likeness (QED) is 0.737. The van der Waals surface area contributed by atoms with Crippen molar-refractivity contribution >= 4 is 5.91 Å². The first-order chi connectivity index (χ1) is 12.2. The lowest BCUT2D eigenvalue weighted by Gasteiger charge is -2.26. The highest BCUT2D eigenvalue weighted by Gasteiger charge is 2.31. The van der Waals surface area contributed by atoms with Crippen LogP contribution < -0.4 is 0 Å². The number of aryl methyl sites for hydroxylation is 1. The summed E-state index contributed by atoms with van der Waals surface area (Å²) in [5, 5.41) is 4.32. The van der Waals surface area contributed by atoms with E-state index in [9.17, 15) is 4.79 Å². The lowest BCUT2D eigenvalue weighted by atomic mass is 9.99. The second kappa shape index (κ2) is 6.51. The van der Waals surface area contributed by atoms with Gasteiger partial charge >= 0.3 is 0 Å². The van der Waals surface area contributed by atoms with Gasteiger partial charge in [-0.25, -0.2) is 4.68 Å². The van der Waals surface area contributed by atoms with Crippen LogP contribution in [0.15, 0.2) is 61.2 Å². The van der Waals surface area contributed by atoms with Crippen LogP contribution in [0.3, 0.4) is 0 Å². The molecule has 126 valence electrons. The highest BCUT2D eigenvalue weighted by Crippen LogP contribution is 2.34. The zero-order chi connectivity index (χ0) is 17.2. The Kier molecular flexibility index (Phi) is 4.06. The molecular formula is C20H20N4O. The molecule has 0 radical (unpaired) electrons. The average Bonchev–Trinajstić information content (AvgIpc) is 3.32. The third-order valence-corrected chi connectivity index (χ3v) is 4.80. The Hall–Kier alpha value is -2.95. The Morgan fingerprint density at radius 1 is 1.16 bits per heavy atom. The maximum absolute atomic E-state index is 13.0. The lowest BCUT2D eigenvalue weighted by Crippen LogP contribution is -2.30. The predicted molar refractivity (Wildman–Crippen MR) is 95.5 cm³/mol. The van der Waals surface area contributed by atoms with Crippen LogP contribution in [0.1, 0.15) is 40.4 Å². The summed E-state index contributed by atoms with van der Waals surface area (Å²) >= 11 is 0. The normalized spacial score (nSPS) is 17.0. The number of likely N-dealkylation sites (tertiary alicyclic amines) is 1. The predicted octanol–water partition coefficient (Wildman–Crippen LogP) is 3.55. The molecular weight excluding hydrogens is 312 g/mol. The number of nitrogens with zero attached hydrogens (tertiary/aromatic N) is 4. The summed E-state index contributed by atoms with van der Waals surface area (Å²) in [7, 11) is 0. The van der Waals surface area contributed by atoms with Gasteiger partial charge in [-0.2, -0.15) is 5.10 Å². The van der Waals surface area contributed by atoms with Gasteiger partial charge in [-0.3, -0.25) is 9.78 Å². The molecule has 1 amide bonds. The fourth-order valence-corrected chi connectivity index (χ4v) is 3.52. The zero-order valence-electron chi connectivity index (χ0n) is 14.2. The summed E-state index contributed by atoms with van der Waals surface area (Å²) < 4.78 is 1.69. The van der Waals surface area contributed by atoms with Crippen LogP contribution in [0.4, 0.5) is 0 Å². The monoisotopic (exact) mass is 332 g/mol. The molecule has 1 aliphatic heterocycles. The van der Waals surface area contributed by atoms with E-state index in [4.69, 9.17) is 0 Å². The fraction of sp³-hybridized carbons (Fsp3) is 0.250. The molecule has 0 aliphatic carbocycles. The van der Waals surface area contributed by atoms with Crippen molar-refractivity contribution in [3.63, 3.8) is 0 Å². The summed E-state index contributed by atoms with van der Waals surface area (Å²) in [5.74, 6) is 0.0425. The number of pyridine rings is 1. The van der Waals surface area contributed by atoms with Crippen molar-refractivity contribution in [2.75, 3.05) is 6.54 Å². The molecule has 0 saturated carbocycles. The van der Waals surface area contributed by atoms with Crippen molar-refractivity contribution in [1.82, 2.24) is 19.7 Å². The summed E-state index contributed by atoms with van der Waals surface area (Å²) in [4.78, 5) is 19.1. The minimum atomic E-state index is 0.0425. The Morgan fingerprint density at radius 2 is 2.04 bits per heavy atom. The molecule has 1 unspecified atom stereocenters. The summed E-state index contributed by atoms with van der Waals surface area (Å²) in [5.41, 5.74) is 3.94. The molecule has 0 N–H and O–H groups in total. The number of carbonyl (C=O) groups is 1. The number of benzene rings is 1. The van der Waals surface area contributed by atoms with E-state index in [1.165, 1.54) is 11.1 Å². The number of aromatic nitrogens is 3. The van der Waals surface area contributed by atoms with Gasteiger partial charge in [0.1, 0.15) is 0 Å².